The van der Waals surface area contributed by atoms with Crippen LogP contribution in [0.25, 0.3) is 0 Å². The van der Waals surface area contributed by atoms with Crippen molar-refractivity contribution in [3.63, 3.8) is 0 Å². The van der Waals surface area contributed by atoms with E-state index in [1.165, 1.54) is 0 Å². The largest absolute Gasteiger partial charge is 0.481 e. The number of hydrogen-bond acceptors (Lipinski definition) is 5. The predicted octanol–water partition coefficient (Wildman–Crippen LogP) is 1.35. The summed E-state index contributed by atoms with van der Waals surface area (Å²) in [6.07, 6.45) is 0.0565. The summed E-state index contributed by atoms with van der Waals surface area (Å²) in [7, 11) is 0. The third-order valence-electron chi connectivity index (χ3n) is 2.22. The number of anilines is 1. The molecule has 2 N–H and O–H groups in total. The third kappa shape index (κ3) is 4.14. The Bertz CT molecular complexity index is 583. The van der Waals surface area contributed by atoms with Gasteiger partial charge in [-0.1, -0.05) is 41.7 Å². The van der Waals surface area contributed by atoms with Crippen molar-refractivity contribution in [2.45, 2.75) is 12.8 Å². The molecule has 0 saturated heterocycles. The Balaban J connectivity index is 1.92. The van der Waals surface area contributed by atoms with E-state index >= 15 is 0 Å². The number of carboxylic acids is 1. The first-order valence-corrected chi connectivity index (χ1v) is 6.33. The Kier molecular flexibility index (Phi) is 4.19. The first-order chi connectivity index (χ1) is 9.13. The molecule has 1 heterocycles. The lowest BCUT2D eigenvalue weighted by Crippen LogP contribution is -2.14. The van der Waals surface area contributed by atoms with E-state index in [1.807, 2.05) is 30.3 Å². The lowest BCUT2D eigenvalue weighted by molar-refractivity contribution is -0.136. The maximum atomic E-state index is 11.7. The van der Waals surface area contributed by atoms with Crippen molar-refractivity contribution < 1.29 is 14.7 Å². The summed E-state index contributed by atoms with van der Waals surface area (Å²) in [6, 6.07) is 9.31. The van der Waals surface area contributed by atoms with E-state index in [0.717, 1.165) is 16.9 Å². The SMILES string of the molecule is O=C(O)Cc1nnc(NC(=O)Cc2ccccc2)s1. The van der Waals surface area contributed by atoms with Gasteiger partial charge in [-0.05, 0) is 5.56 Å². The second-order valence-electron chi connectivity index (χ2n) is 3.78. The quantitative estimate of drug-likeness (QED) is 0.860. The highest BCUT2D eigenvalue weighted by atomic mass is 32.1. The molecule has 19 heavy (non-hydrogen) atoms. The van der Waals surface area contributed by atoms with Crippen molar-refractivity contribution in [1.82, 2.24) is 10.2 Å². The van der Waals surface area contributed by atoms with Crippen molar-refractivity contribution in [3.8, 4) is 0 Å². The van der Waals surface area contributed by atoms with Crippen LogP contribution in [0.1, 0.15) is 10.6 Å². The highest BCUT2D eigenvalue weighted by Crippen LogP contribution is 2.16. The summed E-state index contributed by atoms with van der Waals surface area (Å²) in [5.74, 6) is -1.18. The van der Waals surface area contributed by atoms with E-state index in [2.05, 4.69) is 15.5 Å². The normalized spacial score (nSPS) is 10.1. The lowest BCUT2D eigenvalue weighted by atomic mass is 10.1. The molecule has 98 valence electrons. The van der Waals surface area contributed by atoms with Gasteiger partial charge in [0.2, 0.25) is 11.0 Å². The molecule has 0 unspecified atom stereocenters. The number of rotatable bonds is 5. The zero-order chi connectivity index (χ0) is 13.7. The zero-order valence-electron chi connectivity index (χ0n) is 9.87. The van der Waals surface area contributed by atoms with Gasteiger partial charge in [0.05, 0.1) is 12.8 Å². The van der Waals surface area contributed by atoms with E-state index in [9.17, 15) is 9.59 Å². The Morgan fingerprint density at radius 3 is 2.58 bits per heavy atom. The third-order valence-corrected chi connectivity index (χ3v) is 3.06. The minimum atomic E-state index is -0.974. The fourth-order valence-electron chi connectivity index (χ4n) is 1.45. The van der Waals surface area contributed by atoms with E-state index in [4.69, 9.17) is 5.11 Å². The van der Waals surface area contributed by atoms with Crippen LogP contribution in [0.3, 0.4) is 0 Å². The summed E-state index contributed by atoms with van der Waals surface area (Å²) < 4.78 is 0. The Morgan fingerprint density at radius 1 is 1.16 bits per heavy atom. The van der Waals surface area contributed by atoms with Gasteiger partial charge >= 0.3 is 5.97 Å². The number of carbonyl (C=O) groups excluding carboxylic acids is 1. The van der Waals surface area contributed by atoms with Gasteiger partial charge in [0.25, 0.3) is 0 Å². The highest BCUT2D eigenvalue weighted by molar-refractivity contribution is 7.15. The van der Waals surface area contributed by atoms with Gasteiger partial charge in [-0.15, -0.1) is 10.2 Å². The number of nitrogens with one attached hydrogen (secondary N) is 1. The molecule has 1 amide bonds. The van der Waals surface area contributed by atoms with E-state index in [1.54, 1.807) is 0 Å². The molecule has 1 aromatic heterocycles. The molecule has 0 spiro atoms. The number of aromatic nitrogens is 2. The molecule has 1 aromatic carbocycles. The van der Waals surface area contributed by atoms with Gasteiger partial charge in [-0.2, -0.15) is 0 Å². The molecule has 0 saturated carbocycles. The average Bonchev–Trinajstić information content (AvgIpc) is 2.76. The lowest BCUT2D eigenvalue weighted by Gasteiger charge is -2.00. The van der Waals surface area contributed by atoms with Crippen LogP contribution in [-0.4, -0.2) is 27.2 Å². The molecule has 0 aliphatic rings. The van der Waals surface area contributed by atoms with Gasteiger partial charge in [0.1, 0.15) is 5.01 Å². The smallest absolute Gasteiger partial charge is 0.310 e. The molecule has 6 nitrogen and oxygen atoms in total. The van der Waals surface area contributed by atoms with Crippen molar-refractivity contribution in [2.75, 3.05) is 5.32 Å². The van der Waals surface area contributed by atoms with Gasteiger partial charge in [0, 0.05) is 0 Å². The van der Waals surface area contributed by atoms with Crippen LogP contribution in [0.2, 0.25) is 0 Å². The molecule has 0 radical (unpaired) electrons. The minimum absolute atomic E-state index is 0.188. The summed E-state index contributed by atoms with van der Waals surface area (Å²) in [4.78, 5) is 22.2. The molecule has 0 atom stereocenters. The molecule has 7 heteroatoms. The summed E-state index contributed by atoms with van der Waals surface area (Å²) in [5.41, 5.74) is 0.898. The second kappa shape index (κ2) is 6.05. The van der Waals surface area contributed by atoms with Crippen LogP contribution in [-0.2, 0) is 22.4 Å². The van der Waals surface area contributed by atoms with Crippen molar-refractivity contribution >= 4 is 28.3 Å². The van der Waals surface area contributed by atoms with Crippen LogP contribution in [0.4, 0.5) is 5.13 Å². The second-order valence-corrected chi connectivity index (χ2v) is 4.84. The standard InChI is InChI=1S/C12H11N3O3S/c16-9(6-8-4-2-1-3-5-8)13-12-15-14-10(19-12)7-11(17)18/h1-5H,6-7H2,(H,17,18)(H,13,15,16). The summed E-state index contributed by atoms with van der Waals surface area (Å²) in [5, 5.41) is 19.3. The van der Waals surface area contributed by atoms with E-state index < -0.39 is 5.97 Å². The molecule has 0 aliphatic carbocycles. The minimum Gasteiger partial charge on any atom is -0.481 e. The van der Waals surface area contributed by atoms with Crippen molar-refractivity contribution in [1.29, 1.82) is 0 Å². The number of benzene rings is 1. The first-order valence-electron chi connectivity index (χ1n) is 5.51. The average molecular weight is 277 g/mol. The molecule has 0 bridgehead atoms. The number of aliphatic carboxylic acids is 1. The van der Waals surface area contributed by atoms with Crippen LogP contribution in [0.15, 0.2) is 30.3 Å². The Morgan fingerprint density at radius 2 is 1.89 bits per heavy atom. The molecule has 2 rings (SSSR count). The van der Waals surface area contributed by atoms with E-state index in [-0.39, 0.29) is 18.7 Å². The molecule has 0 aliphatic heterocycles. The number of carboxylic acid groups (broad SMARTS) is 1. The fourth-order valence-corrected chi connectivity index (χ4v) is 2.20. The van der Waals surface area contributed by atoms with Crippen LogP contribution in [0.5, 0.6) is 0 Å². The summed E-state index contributed by atoms with van der Waals surface area (Å²) >= 11 is 1.07. The van der Waals surface area contributed by atoms with Crippen molar-refractivity contribution in [2.24, 2.45) is 0 Å². The maximum Gasteiger partial charge on any atom is 0.310 e. The fraction of sp³-hybridized carbons (Fsp3) is 0.167. The van der Waals surface area contributed by atoms with Crippen LogP contribution < -0.4 is 5.32 Å². The van der Waals surface area contributed by atoms with Gasteiger partial charge in [-0.25, -0.2) is 0 Å². The van der Waals surface area contributed by atoms with Crippen LogP contribution >= 0.6 is 11.3 Å². The summed E-state index contributed by atoms with van der Waals surface area (Å²) in [6.45, 7) is 0. The predicted molar refractivity (Wildman–Crippen MR) is 70.0 cm³/mol. The molecule has 0 fully saturated rings. The molecular weight excluding hydrogens is 266 g/mol. The number of carbonyl (C=O) groups is 2. The zero-order valence-corrected chi connectivity index (χ0v) is 10.7. The van der Waals surface area contributed by atoms with Gasteiger partial charge < -0.3 is 10.4 Å². The van der Waals surface area contributed by atoms with E-state index in [0.29, 0.717) is 10.1 Å². The monoisotopic (exact) mass is 277 g/mol. The van der Waals surface area contributed by atoms with Crippen molar-refractivity contribution in [3.05, 3.63) is 40.9 Å². The van der Waals surface area contributed by atoms with Crippen LogP contribution in [0, 0.1) is 0 Å². The topological polar surface area (TPSA) is 92.2 Å². The van der Waals surface area contributed by atoms with Gasteiger partial charge in [-0.3, -0.25) is 9.59 Å². The highest BCUT2D eigenvalue weighted by Gasteiger charge is 2.10. The Labute approximate surface area is 113 Å². The number of amides is 1. The van der Waals surface area contributed by atoms with Gasteiger partial charge in [0.15, 0.2) is 0 Å². The molecular formula is C12H11N3O3S. The first kappa shape index (κ1) is 13.2. The molecule has 2 aromatic rings. The number of hydrogen-bond donors (Lipinski definition) is 2. The number of nitrogens with zero attached hydrogens (tertiary/aromatic N) is 2. The maximum absolute atomic E-state index is 11.7. The Hall–Kier alpha value is -2.28.